The number of aromatic nitrogens is 2. The molecule has 0 saturated carbocycles. The molecule has 1 aliphatic heterocycles. The van der Waals surface area contributed by atoms with Crippen molar-refractivity contribution in [3.63, 3.8) is 0 Å². The molecule has 1 saturated heterocycles. The molecule has 0 aliphatic carbocycles. The van der Waals surface area contributed by atoms with Gasteiger partial charge in [0, 0.05) is 24.4 Å². The van der Waals surface area contributed by atoms with Crippen molar-refractivity contribution in [2.45, 2.75) is 32.6 Å². The smallest absolute Gasteiger partial charge is 0.133 e. The van der Waals surface area contributed by atoms with Crippen LogP contribution >= 0.6 is 0 Å². The molecule has 1 unspecified atom stereocenters. The van der Waals surface area contributed by atoms with Crippen LogP contribution < -0.4 is 5.32 Å². The molecule has 1 aromatic heterocycles. The fraction of sp³-hybridized carbons (Fsp3) is 0.412. The van der Waals surface area contributed by atoms with Gasteiger partial charge in [0.05, 0.1) is 0 Å². The number of nitrogens with zero attached hydrogens (tertiary/aromatic N) is 2. The van der Waals surface area contributed by atoms with Crippen molar-refractivity contribution >= 4 is 0 Å². The number of rotatable bonds is 3. The summed E-state index contributed by atoms with van der Waals surface area (Å²) >= 11 is 0. The molecule has 0 amide bonds. The summed E-state index contributed by atoms with van der Waals surface area (Å²) in [6.45, 7) is 6.30. The number of nitrogens with one attached hydrogen (secondary N) is 1. The normalized spacial score (nSPS) is 18.4. The maximum absolute atomic E-state index is 4.51. The largest absolute Gasteiger partial charge is 0.316 e. The van der Waals surface area contributed by atoms with Gasteiger partial charge in [-0.1, -0.05) is 24.3 Å². The minimum Gasteiger partial charge on any atom is -0.316 e. The second-order valence-electron chi connectivity index (χ2n) is 5.68. The zero-order valence-corrected chi connectivity index (χ0v) is 12.2. The zero-order chi connectivity index (χ0) is 13.9. The molecule has 3 heteroatoms. The van der Waals surface area contributed by atoms with Crippen molar-refractivity contribution in [1.82, 2.24) is 15.3 Å². The summed E-state index contributed by atoms with van der Waals surface area (Å²) in [5.41, 5.74) is 4.81. The molecule has 0 bridgehead atoms. The Bertz CT molecular complexity index is 563. The highest BCUT2D eigenvalue weighted by atomic mass is 14.9. The molecule has 104 valence electrons. The Labute approximate surface area is 120 Å². The van der Waals surface area contributed by atoms with Crippen molar-refractivity contribution in [3.8, 4) is 0 Å². The lowest BCUT2D eigenvalue weighted by Gasteiger charge is -2.09. The van der Waals surface area contributed by atoms with Crippen LogP contribution in [0.25, 0.3) is 0 Å². The molecule has 0 spiro atoms. The van der Waals surface area contributed by atoms with Gasteiger partial charge in [0.25, 0.3) is 0 Å². The Hall–Kier alpha value is -1.74. The van der Waals surface area contributed by atoms with Gasteiger partial charge in [0.1, 0.15) is 5.82 Å². The highest BCUT2D eigenvalue weighted by Crippen LogP contribution is 2.22. The monoisotopic (exact) mass is 267 g/mol. The second kappa shape index (κ2) is 5.71. The summed E-state index contributed by atoms with van der Waals surface area (Å²) in [5.74, 6) is 1.60. The van der Waals surface area contributed by atoms with Crippen LogP contribution in [0.1, 0.15) is 40.7 Å². The van der Waals surface area contributed by atoms with Gasteiger partial charge >= 0.3 is 0 Å². The molecule has 3 nitrogen and oxygen atoms in total. The van der Waals surface area contributed by atoms with Crippen molar-refractivity contribution in [2.75, 3.05) is 13.1 Å². The first-order valence-corrected chi connectivity index (χ1v) is 7.31. The summed E-state index contributed by atoms with van der Waals surface area (Å²) in [6, 6.07) is 11.0. The van der Waals surface area contributed by atoms with Crippen molar-refractivity contribution in [1.29, 1.82) is 0 Å². The summed E-state index contributed by atoms with van der Waals surface area (Å²) in [4.78, 5) is 9.02. The molecule has 0 radical (unpaired) electrons. The van der Waals surface area contributed by atoms with E-state index in [1.165, 1.54) is 17.5 Å². The summed E-state index contributed by atoms with van der Waals surface area (Å²) in [5, 5.41) is 3.42. The van der Waals surface area contributed by atoms with E-state index >= 15 is 0 Å². The third-order valence-corrected chi connectivity index (χ3v) is 3.90. The highest BCUT2D eigenvalue weighted by Gasteiger charge is 2.16. The van der Waals surface area contributed by atoms with E-state index in [9.17, 15) is 0 Å². The van der Waals surface area contributed by atoms with E-state index in [-0.39, 0.29) is 0 Å². The first-order valence-electron chi connectivity index (χ1n) is 7.31. The molecule has 1 aliphatic rings. The lowest BCUT2D eigenvalue weighted by atomic mass is 9.97. The molecule has 2 heterocycles. The predicted octanol–water partition coefficient (Wildman–Crippen LogP) is 2.76. The number of benzene rings is 1. The molecule has 1 N–H and O–H groups in total. The number of hydrogen-bond donors (Lipinski definition) is 1. The average Bonchev–Trinajstić information content (AvgIpc) is 2.92. The first-order chi connectivity index (χ1) is 9.70. The van der Waals surface area contributed by atoms with E-state index in [1.807, 2.05) is 19.9 Å². The number of aryl methyl sites for hydroxylation is 2. The van der Waals surface area contributed by atoms with Crippen LogP contribution in [0, 0.1) is 13.8 Å². The van der Waals surface area contributed by atoms with E-state index in [0.29, 0.717) is 5.92 Å². The fourth-order valence-electron chi connectivity index (χ4n) is 2.91. The standard InChI is InChI=1S/C17H21N3/c1-12-9-13(2)20-17(19-12)10-14-3-5-15(6-4-14)16-7-8-18-11-16/h3-6,9,16,18H,7-8,10-11H2,1-2H3. The van der Waals surface area contributed by atoms with Crippen molar-refractivity contribution in [2.24, 2.45) is 0 Å². The lowest BCUT2D eigenvalue weighted by Crippen LogP contribution is -2.08. The Kier molecular flexibility index (Phi) is 3.79. The molecule has 3 rings (SSSR count). The van der Waals surface area contributed by atoms with E-state index in [1.54, 1.807) is 0 Å². The van der Waals surface area contributed by atoms with Crippen molar-refractivity contribution < 1.29 is 0 Å². The fourth-order valence-corrected chi connectivity index (χ4v) is 2.91. The quantitative estimate of drug-likeness (QED) is 0.929. The highest BCUT2D eigenvalue weighted by molar-refractivity contribution is 5.28. The van der Waals surface area contributed by atoms with Crippen molar-refractivity contribution in [3.05, 3.63) is 58.7 Å². The summed E-state index contributed by atoms with van der Waals surface area (Å²) in [7, 11) is 0. The SMILES string of the molecule is Cc1cc(C)nc(Cc2ccc(C3CCNC3)cc2)n1. The molecule has 2 aromatic rings. The maximum atomic E-state index is 4.51. The van der Waals surface area contributed by atoms with Crippen LogP contribution in [0.15, 0.2) is 30.3 Å². The minimum absolute atomic E-state index is 0.682. The van der Waals surface area contributed by atoms with Crippen LogP contribution in [0.2, 0.25) is 0 Å². The van der Waals surface area contributed by atoms with Crippen LogP contribution in [-0.4, -0.2) is 23.1 Å². The third-order valence-electron chi connectivity index (χ3n) is 3.90. The van der Waals surface area contributed by atoms with Gasteiger partial charge in [-0.05, 0) is 49.9 Å². The van der Waals surface area contributed by atoms with Crippen LogP contribution in [0.4, 0.5) is 0 Å². The van der Waals surface area contributed by atoms with Gasteiger partial charge in [-0.15, -0.1) is 0 Å². The summed E-state index contributed by atoms with van der Waals surface area (Å²) < 4.78 is 0. The number of hydrogen-bond acceptors (Lipinski definition) is 3. The van der Waals surface area contributed by atoms with Gasteiger partial charge in [0.15, 0.2) is 0 Å². The first kappa shape index (κ1) is 13.3. The van der Waals surface area contributed by atoms with Crippen LogP contribution in [0.5, 0.6) is 0 Å². The Morgan fingerprint density at radius 1 is 1.10 bits per heavy atom. The van der Waals surface area contributed by atoms with E-state index in [4.69, 9.17) is 0 Å². The van der Waals surface area contributed by atoms with Gasteiger partial charge in [-0.25, -0.2) is 9.97 Å². The van der Waals surface area contributed by atoms with E-state index in [2.05, 4.69) is 39.6 Å². The van der Waals surface area contributed by atoms with Crippen LogP contribution in [-0.2, 0) is 6.42 Å². The Morgan fingerprint density at radius 2 is 1.80 bits per heavy atom. The maximum Gasteiger partial charge on any atom is 0.133 e. The minimum atomic E-state index is 0.682. The molecular formula is C17H21N3. The molecule has 1 aromatic carbocycles. The second-order valence-corrected chi connectivity index (χ2v) is 5.68. The van der Waals surface area contributed by atoms with Gasteiger partial charge in [-0.3, -0.25) is 0 Å². The van der Waals surface area contributed by atoms with Gasteiger partial charge in [-0.2, -0.15) is 0 Å². The Morgan fingerprint density at radius 3 is 2.40 bits per heavy atom. The molecular weight excluding hydrogens is 246 g/mol. The predicted molar refractivity (Wildman–Crippen MR) is 81.0 cm³/mol. The Balaban J connectivity index is 1.74. The van der Waals surface area contributed by atoms with Gasteiger partial charge < -0.3 is 5.32 Å². The van der Waals surface area contributed by atoms with E-state index in [0.717, 1.165) is 36.7 Å². The third kappa shape index (κ3) is 3.05. The summed E-state index contributed by atoms with van der Waals surface area (Å²) in [6.07, 6.45) is 2.06. The van der Waals surface area contributed by atoms with E-state index < -0.39 is 0 Å². The molecule has 1 atom stereocenters. The lowest BCUT2D eigenvalue weighted by molar-refractivity contribution is 0.762. The molecule has 20 heavy (non-hydrogen) atoms. The average molecular weight is 267 g/mol. The van der Waals surface area contributed by atoms with Crippen LogP contribution in [0.3, 0.4) is 0 Å². The van der Waals surface area contributed by atoms with Gasteiger partial charge in [0.2, 0.25) is 0 Å². The molecule has 1 fully saturated rings. The topological polar surface area (TPSA) is 37.8 Å². The zero-order valence-electron chi connectivity index (χ0n) is 12.2.